The van der Waals surface area contributed by atoms with Crippen LogP contribution in [0.5, 0.6) is 5.75 Å². The minimum Gasteiger partial charge on any atom is -0.497 e. The first kappa shape index (κ1) is 28.3. The zero-order chi connectivity index (χ0) is 28.3. The van der Waals surface area contributed by atoms with Crippen LogP contribution in [0.3, 0.4) is 0 Å². The van der Waals surface area contributed by atoms with Gasteiger partial charge in [-0.1, -0.05) is 48.0 Å². The summed E-state index contributed by atoms with van der Waals surface area (Å²) in [4.78, 5) is 4.28. The van der Waals surface area contributed by atoms with Gasteiger partial charge in [-0.15, -0.1) is 4.40 Å². The van der Waals surface area contributed by atoms with Gasteiger partial charge < -0.3 is 9.64 Å². The Morgan fingerprint density at radius 2 is 1.48 bits per heavy atom. The third-order valence-corrected chi connectivity index (χ3v) is 10.5. The monoisotopic (exact) mass is 582 g/mol. The molecule has 0 aromatic heterocycles. The third kappa shape index (κ3) is 5.92. The third-order valence-electron chi connectivity index (χ3n) is 7.33. The molecule has 0 bridgehead atoms. The number of aryl methyl sites for hydroxylation is 1. The fourth-order valence-corrected chi connectivity index (χ4v) is 7.81. The molecule has 0 unspecified atom stereocenters. The van der Waals surface area contributed by atoms with Crippen LogP contribution in [-0.4, -0.2) is 76.6 Å². The highest BCUT2D eigenvalue weighted by Crippen LogP contribution is 2.36. The van der Waals surface area contributed by atoms with Gasteiger partial charge in [0.2, 0.25) is 10.0 Å². The van der Waals surface area contributed by atoms with E-state index in [2.05, 4.69) is 9.30 Å². The van der Waals surface area contributed by atoms with Gasteiger partial charge in [0, 0.05) is 13.1 Å². The Hall–Kier alpha value is -3.25. The lowest BCUT2D eigenvalue weighted by Crippen LogP contribution is -2.42. The lowest BCUT2D eigenvalue weighted by molar-refractivity contribution is 0.271. The van der Waals surface area contributed by atoms with E-state index in [-0.39, 0.29) is 16.3 Å². The summed E-state index contributed by atoms with van der Waals surface area (Å²) in [5, 5.41) is 0. The highest BCUT2D eigenvalue weighted by Gasteiger charge is 2.43. The van der Waals surface area contributed by atoms with Crippen LogP contribution in [0.2, 0.25) is 0 Å². The number of hydrogen-bond donors (Lipinski definition) is 0. The van der Waals surface area contributed by atoms with Crippen LogP contribution < -0.4 is 4.74 Å². The summed E-state index contributed by atoms with van der Waals surface area (Å²) in [6.07, 6.45) is 1.26. The van der Waals surface area contributed by atoms with Crippen LogP contribution in [0.15, 0.2) is 93.1 Å². The molecule has 212 valence electrons. The van der Waals surface area contributed by atoms with Crippen molar-refractivity contribution in [3.05, 3.63) is 90.0 Å². The summed E-state index contributed by atoms with van der Waals surface area (Å²) in [6, 6.07) is 22.1. The first-order valence-corrected chi connectivity index (χ1v) is 16.2. The average molecular weight is 583 g/mol. The van der Waals surface area contributed by atoms with Gasteiger partial charge in [0.05, 0.1) is 23.4 Å². The maximum absolute atomic E-state index is 13.9. The van der Waals surface area contributed by atoms with E-state index in [9.17, 15) is 16.8 Å². The summed E-state index contributed by atoms with van der Waals surface area (Å²) in [6.45, 7) is 4.32. The number of nitrogens with zero attached hydrogens (tertiary/aromatic N) is 4. The minimum absolute atomic E-state index is 0.103. The molecule has 1 atom stereocenters. The summed E-state index contributed by atoms with van der Waals surface area (Å²) < 4.78 is 66.0. The molecule has 5 rings (SSSR count). The van der Waals surface area contributed by atoms with Crippen molar-refractivity contribution in [1.82, 2.24) is 14.1 Å². The molecule has 0 saturated carbocycles. The van der Waals surface area contributed by atoms with Crippen molar-refractivity contribution in [2.24, 2.45) is 4.40 Å². The van der Waals surface area contributed by atoms with Gasteiger partial charge in [0.25, 0.3) is 10.0 Å². The van der Waals surface area contributed by atoms with Gasteiger partial charge in [-0.25, -0.2) is 8.42 Å². The second-order valence-electron chi connectivity index (χ2n) is 10.0. The Labute approximate surface area is 236 Å². The quantitative estimate of drug-likeness (QED) is 0.294. The molecule has 9 nitrogen and oxygen atoms in total. The number of ether oxygens (including phenoxy) is 1. The van der Waals surface area contributed by atoms with Crippen LogP contribution in [0.4, 0.5) is 0 Å². The van der Waals surface area contributed by atoms with E-state index in [1.807, 2.05) is 24.0 Å². The maximum atomic E-state index is 13.9. The van der Waals surface area contributed by atoms with Crippen molar-refractivity contribution >= 4 is 25.9 Å². The first-order chi connectivity index (χ1) is 19.2. The topological polar surface area (TPSA) is 99.6 Å². The SMILES string of the molecule is COc1ccc([C@@H]2N(C(CN3CCCC3)=NS(=O)(=O)c3ccc(C)cc3)CCN2S(=O)(=O)c2ccccc2)cc1. The zero-order valence-corrected chi connectivity index (χ0v) is 24.3. The molecule has 2 aliphatic rings. The fraction of sp³-hybridized carbons (Fsp3) is 0.345. The van der Waals surface area contributed by atoms with Gasteiger partial charge in [-0.2, -0.15) is 12.7 Å². The number of benzene rings is 3. The predicted octanol–water partition coefficient (Wildman–Crippen LogP) is 3.89. The molecule has 0 radical (unpaired) electrons. The van der Waals surface area contributed by atoms with E-state index in [4.69, 9.17) is 4.74 Å². The van der Waals surface area contributed by atoms with Crippen molar-refractivity contribution in [3.8, 4) is 5.75 Å². The molecular formula is C29H34N4O5S2. The van der Waals surface area contributed by atoms with Crippen molar-refractivity contribution in [3.63, 3.8) is 0 Å². The summed E-state index contributed by atoms with van der Waals surface area (Å²) in [5.74, 6) is 0.965. The van der Waals surface area contributed by atoms with E-state index in [0.29, 0.717) is 30.2 Å². The van der Waals surface area contributed by atoms with Gasteiger partial charge in [-0.3, -0.25) is 4.90 Å². The van der Waals surface area contributed by atoms with E-state index in [0.717, 1.165) is 31.5 Å². The van der Waals surface area contributed by atoms with E-state index < -0.39 is 26.2 Å². The van der Waals surface area contributed by atoms with E-state index in [1.165, 1.54) is 4.31 Å². The molecule has 2 aliphatic heterocycles. The second kappa shape index (κ2) is 11.7. The minimum atomic E-state index is -4.05. The fourth-order valence-electron chi connectivity index (χ4n) is 5.19. The second-order valence-corrected chi connectivity index (χ2v) is 13.5. The maximum Gasteiger partial charge on any atom is 0.283 e. The lowest BCUT2D eigenvalue weighted by Gasteiger charge is -2.33. The standard InChI is InChI=1S/C29H34N4O5S2/c1-23-10-16-26(17-11-23)39(34,35)30-28(22-31-18-6-7-19-31)32-20-21-33(40(36,37)27-8-4-3-5-9-27)29(32)24-12-14-25(38-2)15-13-24/h3-5,8-17,29H,6-7,18-22H2,1-2H3/t29-/m1/s1. The summed E-state index contributed by atoms with van der Waals surface area (Å²) in [5.41, 5.74) is 1.64. The Morgan fingerprint density at radius 1 is 0.825 bits per heavy atom. The molecule has 11 heteroatoms. The van der Waals surface area contributed by atoms with Crippen LogP contribution in [0, 0.1) is 6.92 Å². The molecule has 40 heavy (non-hydrogen) atoms. The number of methoxy groups -OCH3 is 1. The molecule has 0 N–H and O–H groups in total. The Kier molecular flexibility index (Phi) is 8.27. The number of hydrogen-bond acceptors (Lipinski definition) is 6. The van der Waals surface area contributed by atoms with Gasteiger partial charge in [0.1, 0.15) is 17.8 Å². The van der Waals surface area contributed by atoms with Crippen LogP contribution in [0.1, 0.15) is 30.1 Å². The molecule has 3 aromatic rings. The molecule has 0 spiro atoms. The Morgan fingerprint density at radius 3 is 2.10 bits per heavy atom. The highest BCUT2D eigenvalue weighted by atomic mass is 32.2. The van der Waals surface area contributed by atoms with E-state index >= 15 is 0 Å². The van der Waals surface area contributed by atoms with E-state index in [1.54, 1.807) is 73.8 Å². The number of sulfonamides is 2. The summed E-state index contributed by atoms with van der Waals surface area (Å²) in [7, 11) is -6.38. The molecule has 2 saturated heterocycles. The van der Waals surface area contributed by atoms with Gasteiger partial charge >= 0.3 is 0 Å². The normalized spacial score (nSPS) is 19.3. The van der Waals surface area contributed by atoms with Crippen LogP contribution in [-0.2, 0) is 20.0 Å². The van der Waals surface area contributed by atoms with Crippen molar-refractivity contribution in [1.29, 1.82) is 0 Å². The molecule has 0 amide bonds. The predicted molar refractivity (Wildman–Crippen MR) is 154 cm³/mol. The smallest absolute Gasteiger partial charge is 0.283 e. The summed E-state index contributed by atoms with van der Waals surface area (Å²) >= 11 is 0. The first-order valence-electron chi connectivity index (χ1n) is 13.3. The molecule has 2 fully saturated rings. The number of likely N-dealkylation sites (tertiary alicyclic amines) is 1. The lowest BCUT2D eigenvalue weighted by atomic mass is 10.1. The number of amidine groups is 1. The Bertz CT molecular complexity index is 1550. The highest BCUT2D eigenvalue weighted by molar-refractivity contribution is 7.90. The van der Waals surface area contributed by atoms with Crippen molar-refractivity contribution < 1.29 is 21.6 Å². The molecule has 3 aromatic carbocycles. The molecule has 0 aliphatic carbocycles. The average Bonchev–Trinajstić information content (AvgIpc) is 3.64. The van der Waals surface area contributed by atoms with Gasteiger partial charge in [0.15, 0.2) is 0 Å². The van der Waals surface area contributed by atoms with Gasteiger partial charge in [-0.05, 0) is 74.8 Å². The van der Waals surface area contributed by atoms with Crippen molar-refractivity contribution in [2.45, 2.75) is 35.7 Å². The molecule has 2 heterocycles. The largest absolute Gasteiger partial charge is 0.497 e. The zero-order valence-electron chi connectivity index (χ0n) is 22.7. The Balaban J connectivity index is 1.61. The molecular weight excluding hydrogens is 548 g/mol. The number of rotatable bonds is 8. The van der Waals surface area contributed by atoms with Crippen LogP contribution >= 0.6 is 0 Å². The van der Waals surface area contributed by atoms with Crippen molar-refractivity contribution in [2.75, 3.05) is 39.8 Å². The van der Waals surface area contributed by atoms with Crippen LogP contribution in [0.25, 0.3) is 0 Å².